The van der Waals surface area contributed by atoms with Crippen LogP contribution in [-0.2, 0) is 22.6 Å². The Labute approximate surface area is 193 Å². The molecule has 1 fully saturated rings. The number of nitrogens with zero attached hydrogens (tertiary/aromatic N) is 1. The summed E-state index contributed by atoms with van der Waals surface area (Å²) in [7, 11) is 0. The number of likely N-dealkylation sites (tertiary alicyclic amines) is 1. The van der Waals surface area contributed by atoms with Crippen molar-refractivity contribution in [2.24, 2.45) is 5.41 Å². The van der Waals surface area contributed by atoms with Crippen molar-refractivity contribution in [3.63, 3.8) is 0 Å². The average Bonchev–Trinajstić information content (AvgIpc) is 2.63. The van der Waals surface area contributed by atoms with Crippen molar-refractivity contribution < 1.29 is 19.1 Å². The molecule has 2 amide bonds. The highest BCUT2D eigenvalue weighted by Crippen LogP contribution is 2.30. The monoisotopic (exact) mass is 447 g/mol. The van der Waals surface area contributed by atoms with Crippen LogP contribution in [0, 0.1) is 5.41 Å². The molecule has 1 unspecified atom stereocenters. The Bertz CT molecular complexity index is 776. The Morgan fingerprint density at radius 3 is 2.00 bits per heavy atom. The van der Waals surface area contributed by atoms with Crippen LogP contribution in [0.4, 0.5) is 9.59 Å². The second-order valence-electron chi connectivity index (χ2n) is 11.3. The van der Waals surface area contributed by atoms with Gasteiger partial charge >= 0.3 is 12.2 Å². The van der Waals surface area contributed by atoms with E-state index in [1.807, 2.05) is 58.6 Å². The Hall–Kier alpha value is -2.28. The van der Waals surface area contributed by atoms with Crippen LogP contribution in [0.5, 0.6) is 0 Å². The highest BCUT2D eigenvalue weighted by Gasteiger charge is 2.38. The lowest BCUT2D eigenvalue weighted by molar-refractivity contribution is 0.00205. The van der Waals surface area contributed by atoms with Gasteiger partial charge in [-0.1, -0.05) is 38.1 Å². The second kappa shape index (κ2) is 10.1. The number of piperidine rings is 1. The molecule has 1 atom stereocenters. The van der Waals surface area contributed by atoms with E-state index in [0.717, 1.165) is 18.5 Å². The van der Waals surface area contributed by atoms with Gasteiger partial charge in [0, 0.05) is 32.2 Å². The van der Waals surface area contributed by atoms with Crippen LogP contribution in [0.1, 0.15) is 72.9 Å². The fourth-order valence-corrected chi connectivity index (χ4v) is 3.72. The lowest BCUT2D eigenvalue weighted by Crippen LogP contribution is -2.56. The van der Waals surface area contributed by atoms with Gasteiger partial charge in [-0.3, -0.25) is 0 Å². The molecule has 180 valence electrons. The van der Waals surface area contributed by atoms with Gasteiger partial charge in [-0.25, -0.2) is 9.59 Å². The van der Waals surface area contributed by atoms with Crippen LogP contribution in [-0.4, -0.2) is 47.4 Å². The number of ether oxygens (including phenoxy) is 2. The summed E-state index contributed by atoms with van der Waals surface area (Å²) in [4.78, 5) is 26.0. The summed E-state index contributed by atoms with van der Waals surface area (Å²) in [6, 6.07) is 8.48. The van der Waals surface area contributed by atoms with Crippen molar-refractivity contribution in [1.29, 1.82) is 0 Å². The summed E-state index contributed by atoms with van der Waals surface area (Å²) < 4.78 is 10.8. The van der Waals surface area contributed by atoms with E-state index in [1.165, 1.54) is 5.56 Å². The first-order valence-corrected chi connectivity index (χ1v) is 11.4. The number of alkyl carbamates (subject to hydrolysis) is 1. The lowest BCUT2D eigenvalue weighted by Gasteiger charge is -2.44. The van der Waals surface area contributed by atoms with Gasteiger partial charge in [0.05, 0.1) is 0 Å². The van der Waals surface area contributed by atoms with Crippen LogP contribution in [0.25, 0.3) is 0 Å². The summed E-state index contributed by atoms with van der Waals surface area (Å²) in [6.45, 7) is 18.1. The van der Waals surface area contributed by atoms with Gasteiger partial charge in [0.1, 0.15) is 11.2 Å². The number of hydrogen-bond donors (Lipinski definition) is 2. The molecule has 2 N–H and O–H groups in total. The summed E-state index contributed by atoms with van der Waals surface area (Å²) >= 11 is 0. The molecular formula is C25H41N3O4. The van der Waals surface area contributed by atoms with Gasteiger partial charge in [-0.05, 0) is 64.5 Å². The normalized spacial score (nSPS) is 18.8. The zero-order chi connectivity index (χ0) is 24.2. The first kappa shape index (κ1) is 26.0. The van der Waals surface area contributed by atoms with Crippen LogP contribution in [0.15, 0.2) is 24.3 Å². The van der Waals surface area contributed by atoms with E-state index in [4.69, 9.17) is 9.47 Å². The third kappa shape index (κ3) is 8.69. The van der Waals surface area contributed by atoms with Gasteiger partial charge in [0.25, 0.3) is 0 Å². The van der Waals surface area contributed by atoms with Crippen LogP contribution in [0.2, 0.25) is 0 Å². The molecule has 1 aliphatic rings. The molecule has 7 heteroatoms. The molecular weight excluding hydrogens is 406 g/mol. The van der Waals surface area contributed by atoms with Crippen molar-refractivity contribution in [1.82, 2.24) is 15.5 Å². The van der Waals surface area contributed by atoms with Crippen molar-refractivity contribution >= 4 is 12.2 Å². The number of carbonyl (C=O) groups excluding carboxylic acids is 2. The van der Waals surface area contributed by atoms with Crippen LogP contribution < -0.4 is 10.6 Å². The first-order chi connectivity index (χ1) is 14.6. The van der Waals surface area contributed by atoms with E-state index < -0.39 is 17.3 Å². The Morgan fingerprint density at radius 2 is 1.50 bits per heavy atom. The summed E-state index contributed by atoms with van der Waals surface area (Å²) in [5, 5.41) is 6.44. The number of carbonyl (C=O) groups is 2. The molecule has 2 rings (SSSR count). The van der Waals surface area contributed by atoms with Gasteiger partial charge in [-0.2, -0.15) is 0 Å². The van der Waals surface area contributed by atoms with Gasteiger partial charge in [-0.15, -0.1) is 0 Å². The van der Waals surface area contributed by atoms with Crippen molar-refractivity contribution in [2.75, 3.05) is 13.1 Å². The molecule has 1 aliphatic heterocycles. The smallest absolute Gasteiger partial charge is 0.410 e. The van der Waals surface area contributed by atoms with Gasteiger partial charge in [0.2, 0.25) is 0 Å². The molecule has 1 aromatic carbocycles. The quantitative estimate of drug-likeness (QED) is 0.675. The summed E-state index contributed by atoms with van der Waals surface area (Å²) in [5.41, 5.74) is 1.15. The Morgan fingerprint density at radius 1 is 0.969 bits per heavy atom. The van der Waals surface area contributed by atoms with Crippen molar-refractivity contribution in [3.05, 3.63) is 35.4 Å². The molecule has 0 aromatic heterocycles. The fourth-order valence-electron chi connectivity index (χ4n) is 3.72. The van der Waals surface area contributed by atoms with Gasteiger partial charge < -0.3 is 25.0 Å². The maximum atomic E-state index is 12.4. The zero-order valence-electron chi connectivity index (χ0n) is 21.0. The highest BCUT2D eigenvalue weighted by atomic mass is 16.6. The molecule has 0 saturated carbocycles. The third-order valence-electron chi connectivity index (χ3n) is 5.29. The van der Waals surface area contributed by atoms with E-state index in [9.17, 15) is 9.59 Å². The van der Waals surface area contributed by atoms with E-state index in [0.29, 0.717) is 25.7 Å². The number of amides is 2. The number of hydrogen-bond acceptors (Lipinski definition) is 5. The van der Waals surface area contributed by atoms with E-state index in [2.05, 4.69) is 36.6 Å². The molecule has 0 aliphatic carbocycles. The maximum absolute atomic E-state index is 12.4. The third-order valence-corrected chi connectivity index (χ3v) is 5.29. The minimum Gasteiger partial charge on any atom is -0.444 e. The summed E-state index contributed by atoms with van der Waals surface area (Å²) in [5.74, 6) is 0. The minimum absolute atomic E-state index is 0.0631. The molecule has 0 radical (unpaired) electrons. The standard InChI is InChI=1S/C25H41N3O4/c1-23(2,3)31-21(29)27-16-19-11-9-18(10-12-19)15-26-20-13-14-28(17-25(20,7)8)22(30)32-24(4,5)6/h9-12,20,26H,13-17H2,1-8H3,(H,27,29). The molecule has 0 spiro atoms. The molecule has 1 aromatic rings. The van der Waals surface area contributed by atoms with Crippen LogP contribution in [0.3, 0.4) is 0 Å². The minimum atomic E-state index is -0.504. The van der Waals surface area contributed by atoms with E-state index in [1.54, 1.807) is 0 Å². The van der Waals surface area contributed by atoms with E-state index >= 15 is 0 Å². The predicted molar refractivity (Wildman–Crippen MR) is 126 cm³/mol. The molecule has 1 heterocycles. The maximum Gasteiger partial charge on any atom is 0.410 e. The van der Waals surface area contributed by atoms with Crippen molar-refractivity contribution in [3.8, 4) is 0 Å². The Kier molecular flexibility index (Phi) is 8.21. The van der Waals surface area contributed by atoms with Crippen molar-refractivity contribution in [2.45, 2.75) is 92.1 Å². The average molecular weight is 448 g/mol. The highest BCUT2D eigenvalue weighted by molar-refractivity contribution is 5.68. The fraction of sp³-hybridized carbons (Fsp3) is 0.680. The molecule has 0 bridgehead atoms. The number of nitrogens with one attached hydrogen (secondary N) is 2. The largest absolute Gasteiger partial charge is 0.444 e. The number of benzene rings is 1. The molecule has 32 heavy (non-hydrogen) atoms. The van der Waals surface area contributed by atoms with Crippen LogP contribution >= 0.6 is 0 Å². The zero-order valence-corrected chi connectivity index (χ0v) is 21.0. The SMILES string of the molecule is CC(C)(C)OC(=O)NCc1ccc(CNC2CCN(C(=O)OC(C)(C)C)CC2(C)C)cc1. The Balaban J connectivity index is 1.82. The lowest BCUT2D eigenvalue weighted by atomic mass is 9.79. The number of rotatable bonds is 5. The second-order valence-corrected chi connectivity index (χ2v) is 11.3. The topological polar surface area (TPSA) is 79.9 Å². The molecule has 7 nitrogen and oxygen atoms in total. The summed E-state index contributed by atoms with van der Waals surface area (Å²) in [6.07, 6.45) is 0.229. The van der Waals surface area contributed by atoms with E-state index in [-0.39, 0.29) is 11.5 Å². The van der Waals surface area contributed by atoms with Gasteiger partial charge in [0.15, 0.2) is 0 Å². The first-order valence-electron chi connectivity index (χ1n) is 11.4. The molecule has 1 saturated heterocycles. The predicted octanol–water partition coefficient (Wildman–Crippen LogP) is 4.84.